The van der Waals surface area contributed by atoms with Gasteiger partial charge in [0, 0.05) is 6.20 Å². The molecule has 0 aromatic carbocycles. The van der Waals surface area contributed by atoms with Crippen LogP contribution < -0.4 is 4.74 Å². The number of halogens is 3. The molecule has 0 fully saturated rings. The molecule has 70 valence electrons. The van der Waals surface area contributed by atoms with Crippen molar-refractivity contribution < 1.29 is 17.9 Å². The zero-order chi connectivity index (χ0) is 9.90. The molecule has 7 heteroatoms. The fourth-order valence-electron chi connectivity index (χ4n) is 0.655. The fourth-order valence-corrected chi connectivity index (χ4v) is 0.655. The van der Waals surface area contributed by atoms with Crippen LogP contribution in [0.5, 0.6) is 5.75 Å². The van der Waals surface area contributed by atoms with E-state index in [1.54, 1.807) is 0 Å². The van der Waals surface area contributed by atoms with Crippen LogP contribution in [0.1, 0.15) is 0 Å². The van der Waals surface area contributed by atoms with E-state index in [-0.39, 0.29) is 0 Å². The van der Waals surface area contributed by atoms with E-state index in [2.05, 4.69) is 14.9 Å². The Balaban J connectivity index is 2.94. The van der Waals surface area contributed by atoms with Crippen molar-refractivity contribution in [2.45, 2.75) is 6.36 Å². The zero-order valence-corrected chi connectivity index (χ0v) is 6.08. The molecule has 0 N–H and O–H groups in total. The maximum Gasteiger partial charge on any atom is 0.573 e. The summed E-state index contributed by atoms with van der Waals surface area (Å²) in [6.45, 7) is 0. The van der Waals surface area contributed by atoms with E-state index in [1.165, 1.54) is 6.07 Å². The first-order valence-electron chi connectivity index (χ1n) is 3.07. The van der Waals surface area contributed by atoms with Gasteiger partial charge in [0.25, 0.3) is 0 Å². The minimum absolute atomic E-state index is 0.625. The Hall–Kier alpha value is -1.66. The van der Waals surface area contributed by atoms with Gasteiger partial charge in [0.1, 0.15) is 0 Å². The highest BCUT2D eigenvalue weighted by molar-refractivity contribution is 5.43. The molecule has 0 bridgehead atoms. The van der Waals surface area contributed by atoms with Crippen molar-refractivity contribution in [2.75, 3.05) is 0 Å². The van der Waals surface area contributed by atoms with Gasteiger partial charge in [0.05, 0.1) is 0 Å². The minimum atomic E-state index is -4.84. The van der Waals surface area contributed by atoms with Crippen LogP contribution in [0.25, 0.3) is 0 Å². The molecule has 0 aliphatic rings. The SMILES string of the molecule is O=Nc1ncccc1OC(F)(F)F. The Morgan fingerprint density at radius 2 is 2.15 bits per heavy atom. The fraction of sp³-hybridized carbons (Fsp3) is 0.167. The van der Waals surface area contributed by atoms with Gasteiger partial charge >= 0.3 is 6.36 Å². The van der Waals surface area contributed by atoms with Gasteiger partial charge in [-0.25, -0.2) is 4.98 Å². The van der Waals surface area contributed by atoms with Gasteiger partial charge in [-0.15, -0.1) is 18.1 Å². The lowest BCUT2D eigenvalue weighted by molar-refractivity contribution is -0.274. The highest BCUT2D eigenvalue weighted by Gasteiger charge is 2.32. The summed E-state index contributed by atoms with van der Waals surface area (Å²) in [6.07, 6.45) is -3.71. The van der Waals surface area contributed by atoms with E-state index in [4.69, 9.17) is 0 Å². The molecule has 0 saturated heterocycles. The summed E-state index contributed by atoms with van der Waals surface area (Å²) >= 11 is 0. The van der Waals surface area contributed by atoms with E-state index in [0.717, 1.165) is 12.3 Å². The largest absolute Gasteiger partial charge is 0.573 e. The number of hydrogen-bond donors (Lipinski definition) is 0. The third kappa shape index (κ3) is 2.69. The Morgan fingerprint density at radius 1 is 1.46 bits per heavy atom. The van der Waals surface area contributed by atoms with E-state index >= 15 is 0 Å². The molecule has 1 rings (SSSR count). The number of pyridine rings is 1. The number of rotatable bonds is 2. The molecule has 13 heavy (non-hydrogen) atoms. The molecule has 0 atom stereocenters. The predicted molar refractivity (Wildman–Crippen MR) is 36.4 cm³/mol. The van der Waals surface area contributed by atoms with Gasteiger partial charge in [-0.2, -0.15) is 0 Å². The van der Waals surface area contributed by atoms with Crippen LogP contribution >= 0.6 is 0 Å². The summed E-state index contributed by atoms with van der Waals surface area (Å²) < 4.78 is 38.5. The van der Waals surface area contributed by atoms with Crippen molar-refractivity contribution in [3.05, 3.63) is 23.2 Å². The Bertz CT molecular complexity index is 313. The van der Waals surface area contributed by atoms with Gasteiger partial charge in [-0.05, 0) is 17.3 Å². The van der Waals surface area contributed by atoms with Gasteiger partial charge in [0.2, 0.25) is 5.82 Å². The molecule has 1 aromatic heterocycles. The lowest BCUT2D eigenvalue weighted by atomic mass is 10.4. The molecule has 1 heterocycles. The molecule has 0 radical (unpaired) electrons. The van der Waals surface area contributed by atoms with Gasteiger partial charge < -0.3 is 4.74 Å². The monoisotopic (exact) mass is 192 g/mol. The van der Waals surface area contributed by atoms with Crippen molar-refractivity contribution in [3.8, 4) is 5.75 Å². The summed E-state index contributed by atoms with van der Waals surface area (Å²) in [7, 11) is 0. The summed E-state index contributed by atoms with van der Waals surface area (Å²) in [5.74, 6) is -1.33. The number of hydrogen-bond acceptors (Lipinski definition) is 4. The molecule has 0 aliphatic carbocycles. The van der Waals surface area contributed by atoms with Crippen molar-refractivity contribution in [1.29, 1.82) is 0 Å². The van der Waals surface area contributed by atoms with Gasteiger partial charge in [-0.3, -0.25) is 0 Å². The van der Waals surface area contributed by atoms with Crippen LogP contribution in [0.2, 0.25) is 0 Å². The van der Waals surface area contributed by atoms with Gasteiger partial charge in [0.15, 0.2) is 5.75 Å². The second-order valence-electron chi connectivity index (χ2n) is 1.96. The van der Waals surface area contributed by atoms with Crippen molar-refractivity contribution >= 4 is 5.82 Å². The number of aromatic nitrogens is 1. The molecule has 0 amide bonds. The Morgan fingerprint density at radius 3 is 2.69 bits per heavy atom. The van der Waals surface area contributed by atoms with Crippen molar-refractivity contribution in [1.82, 2.24) is 4.98 Å². The second kappa shape index (κ2) is 3.38. The second-order valence-corrected chi connectivity index (χ2v) is 1.96. The molecule has 0 aliphatic heterocycles. The van der Waals surface area contributed by atoms with Crippen molar-refractivity contribution in [2.24, 2.45) is 5.18 Å². The lowest BCUT2D eigenvalue weighted by Crippen LogP contribution is -2.17. The number of nitrogens with zero attached hydrogens (tertiary/aromatic N) is 2. The lowest BCUT2D eigenvalue weighted by Gasteiger charge is -2.08. The third-order valence-corrected chi connectivity index (χ3v) is 1.06. The van der Waals surface area contributed by atoms with Crippen LogP contribution in [0.4, 0.5) is 19.0 Å². The normalized spacial score (nSPS) is 11.0. The molecule has 0 saturated carbocycles. The Labute approximate surface area is 70.3 Å². The summed E-state index contributed by atoms with van der Waals surface area (Å²) in [4.78, 5) is 13.2. The topological polar surface area (TPSA) is 51.5 Å². The van der Waals surface area contributed by atoms with Crippen molar-refractivity contribution in [3.63, 3.8) is 0 Å². The van der Waals surface area contributed by atoms with E-state index < -0.39 is 17.9 Å². The zero-order valence-electron chi connectivity index (χ0n) is 6.08. The quantitative estimate of drug-likeness (QED) is 0.676. The standard InChI is InChI=1S/C6H3F3N2O2/c7-6(8,9)13-4-2-1-3-10-5(4)11-12/h1-3H. The number of alkyl halides is 3. The van der Waals surface area contributed by atoms with Crippen LogP contribution in [0.15, 0.2) is 23.5 Å². The van der Waals surface area contributed by atoms with E-state index in [0.29, 0.717) is 0 Å². The maximum atomic E-state index is 11.7. The summed E-state index contributed by atoms with van der Waals surface area (Å²) in [5, 5.41) is 2.27. The number of nitroso groups, excluding NO2 is 1. The summed E-state index contributed by atoms with van der Waals surface area (Å²) in [6, 6.07) is 2.16. The van der Waals surface area contributed by atoms with E-state index in [1.807, 2.05) is 0 Å². The average molecular weight is 192 g/mol. The molecular formula is C6H3F3N2O2. The van der Waals surface area contributed by atoms with Crippen LogP contribution in [-0.2, 0) is 0 Å². The predicted octanol–water partition coefficient (Wildman–Crippen LogP) is 2.38. The van der Waals surface area contributed by atoms with E-state index in [9.17, 15) is 18.1 Å². The minimum Gasteiger partial charge on any atom is -0.402 e. The first kappa shape index (κ1) is 9.43. The molecule has 4 nitrogen and oxygen atoms in total. The average Bonchev–Trinajstić information content (AvgIpc) is 2.02. The third-order valence-electron chi connectivity index (χ3n) is 1.06. The maximum absolute atomic E-state index is 11.7. The first-order chi connectivity index (χ1) is 6.03. The van der Waals surface area contributed by atoms with Crippen LogP contribution in [0.3, 0.4) is 0 Å². The van der Waals surface area contributed by atoms with Crippen LogP contribution in [-0.4, -0.2) is 11.3 Å². The Kier molecular flexibility index (Phi) is 2.45. The molecule has 0 unspecified atom stereocenters. The molecular weight excluding hydrogens is 189 g/mol. The highest BCUT2D eigenvalue weighted by atomic mass is 19.4. The molecule has 0 spiro atoms. The van der Waals surface area contributed by atoms with Crippen LogP contribution in [0, 0.1) is 4.91 Å². The highest BCUT2D eigenvalue weighted by Crippen LogP contribution is 2.29. The number of ether oxygens (including phenoxy) is 1. The first-order valence-corrected chi connectivity index (χ1v) is 3.07. The summed E-state index contributed by atoms with van der Waals surface area (Å²) in [5.41, 5.74) is 0. The van der Waals surface area contributed by atoms with Gasteiger partial charge in [-0.1, -0.05) is 0 Å². The molecule has 1 aromatic rings. The smallest absolute Gasteiger partial charge is 0.402 e.